The highest BCUT2D eigenvalue weighted by Crippen LogP contribution is 2.45. The number of esters is 2. The average Bonchev–Trinajstić information content (AvgIpc) is 3.23. The number of unbranched alkanes of at least 4 members (excludes halogenated alkanes) is 2. The van der Waals surface area contributed by atoms with Crippen LogP contribution in [-0.2, 0) is 28.5 Å². The Kier molecular flexibility index (Phi) is 9.20. The predicted octanol–water partition coefficient (Wildman–Crippen LogP) is 4.06. The normalized spacial score (nSPS) is 36.4. The molecule has 0 aromatic rings. The first-order valence-corrected chi connectivity index (χ1v) is 15.6. The SMILES string of the molecule is C=CCOC(=O)CCCCCOC(=O)[C@H]1[C@H]2CC[C@H]3C[C@@]4(CCC=C[C@@H](CC)O4)NC(=[N+]32)N[C@@]12CCCC(C)O2. The molecule has 2 N–H and O–H groups in total. The summed E-state index contributed by atoms with van der Waals surface area (Å²) in [5.41, 5.74) is -1.22. The molecule has 5 heterocycles. The molecule has 0 aromatic heterocycles. The number of nitrogens with one attached hydrogen (secondary N) is 2. The molecule has 0 aromatic carbocycles. The molecule has 222 valence electrons. The van der Waals surface area contributed by atoms with Crippen LogP contribution in [0, 0.1) is 5.92 Å². The van der Waals surface area contributed by atoms with E-state index in [1.54, 1.807) is 6.08 Å². The molecule has 0 radical (unpaired) electrons. The summed E-state index contributed by atoms with van der Waals surface area (Å²) in [5.74, 6) is 0.148. The number of rotatable bonds is 10. The van der Waals surface area contributed by atoms with Crippen molar-refractivity contribution in [2.45, 2.75) is 133 Å². The lowest BCUT2D eigenvalue weighted by atomic mass is 9.80. The minimum Gasteiger partial charge on any atom is -0.465 e. The van der Waals surface area contributed by atoms with E-state index in [2.05, 4.69) is 47.8 Å². The van der Waals surface area contributed by atoms with Gasteiger partial charge < -0.3 is 18.9 Å². The van der Waals surface area contributed by atoms with Crippen LogP contribution >= 0.6 is 0 Å². The summed E-state index contributed by atoms with van der Waals surface area (Å²) >= 11 is 0. The summed E-state index contributed by atoms with van der Waals surface area (Å²) in [6, 6.07) is 0.327. The third-order valence-corrected chi connectivity index (χ3v) is 9.23. The second-order valence-electron chi connectivity index (χ2n) is 12.2. The molecular weight excluding hydrogens is 510 g/mol. The molecule has 0 bridgehead atoms. The number of ether oxygens (including phenoxy) is 4. The van der Waals surface area contributed by atoms with Crippen molar-refractivity contribution in [2.24, 2.45) is 5.92 Å². The van der Waals surface area contributed by atoms with Gasteiger partial charge in [-0.1, -0.05) is 31.7 Å². The van der Waals surface area contributed by atoms with E-state index in [-0.39, 0.29) is 36.8 Å². The topological polar surface area (TPSA) is 98.1 Å². The zero-order valence-corrected chi connectivity index (χ0v) is 24.3. The van der Waals surface area contributed by atoms with Gasteiger partial charge in [0.05, 0.1) is 30.9 Å². The number of allylic oxidation sites excluding steroid dienone is 1. The van der Waals surface area contributed by atoms with E-state index >= 15 is 0 Å². The van der Waals surface area contributed by atoms with Crippen LogP contribution in [0.1, 0.15) is 97.3 Å². The molecule has 0 aliphatic carbocycles. The first kappa shape index (κ1) is 29.1. The Labute approximate surface area is 238 Å². The lowest BCUT2D eigenvalue weighted by Gasteiger charge is -2.50. The Balaban J connectivity index is 1.28. The van der Waals surface area contributed by atoms with Crippen LogP contribution in [0.5, 0.6) is 0 Å². The van der Waals surface area contributed by atoms with Gasteiger partial charge in [-0.25, -0.2) is 10.6 Å². The highest BCUT2D eigenvalue weighted by molar-refractivity contribution is 5.82. The van der Waals surface area contributed by atoms with Crippen molar-refractivity contribution in [2.75, 3.05) is 13.2 Å². The van der Waals surface area contributed by atoms with Crippen LogP contribution in [0.15, 0.2) is 24.8 Å². The third kappa shape index (κ3) is 6.10. The minimum absolute atomic E-state index is 0.0226. The Morgan fingerprint density at radius 3 is 2.83 bits per heavy atom. The fourth-order valence-corrected chi connectivity index (χ4v) is 7.43. The van der Waals surface area contributed by atoms with Gasteiger partial charge in [0.15, 0.2) is 11.6 Å². The lowest BCUT2D eigenvalue weighted by molar-refractivity contribution is -0.609. The highest BCUT2D eigenvalue weighted by Gasteiger charge is 2.64. The van der Waals surface area contributed by atoms with Gasteiger partial charge in [-0.3, -0.25) is 14.2 Å². The Morgan fingerprint density at radius 1 is 1.15 bits per heavy atom. The molecule has 0 saturated carbocycles. The molecule has 0 amide bonds. The molecule has 7 atom stereocenters. The summed E-state index contributed by atoms with van der Waals surface area (Å²) in [6.07, 6.45) is 17.2. The second kappa shape index (κ2) is 12.6. The van der Waals surface area contributed by atoms with Gasteiger partial charge >= 0.3 is 17.9 Å². The predicted molar refractivity (Wildman–Crippen MR) is 150 cm³/mol. The van der Waals surface area contributed by atoms with Gasteiger partial charge in [-0.05, 0) is 64.7 Å². The van der Waals surface area contributed by atoms with Crippen molar-refractivity contribution in [1.29, 1.82) is 0 Å². The Hall–Kier alpha value is -2.39. The van der Waals surface area contributed by atoms with Gasteiger partial charge in [-0.2, -0.15) is 0 Å². The van der Waals surface area contributed by atoms with E-state index in [1.165, 1.54) is 0 Å². The van der Waals surface area contributed by atoms with Crippen LogP contribution in [0.2, 0.25) is 0 Å². The van der Waals surface area contributed by atoms with Crippen molar-refractivity contribution in [3.63, 3.8) is 0 Å². The molecule has 9 heteroatoms. The molecule has 2 fully saturated rings. The average molecular weight is 559 g/mol. The van der Waals surface area contributed by atoms with Crippen LogP contribution in [0.25, 0.3) is 0 Å². The molecular formula is C31H48N3O6+. The second-order valence-corrected chi connectivity index (χ2v) is 12.2. The quantitative estimate of drug-likeness (QED) is 0.179. The molecule has 2 saturated heterocycles. The summed E-state index contributed by atoms with van der Waals surface area (Å²) in [5, 5.41) is 7.55. The van der Waals surface area contributed by atoms with Gasteiger partial charge in [0, 0.05) is 25.7 Å². The number of hydrogen-bond acceptors (Lipinski definition) is 8. The standard InChI is InChI=1S/C31H47N3O6/c1-4-19-37-26(35)14-7-6-10-20-38-28(36)27-25-16-15-23-21-30(17-9-8-13-24(5-2)40-30)32-29(34(23)25)33-31(27)18-11-12-22(3)39-31/h4,8,13,22-25,27H,1,5-7,9-12,14-21H2,2-3H3,(H,32,33)/p+1/t22?,23-,24+,25+,27+,30-,31+/m0/s1. The lowest BCUT2D eigenvalue weighted by Crippen LogP contribution is -2.76. The maximum absolute atomic E-state index is 13.8. The van der Waals surface area contributed by atoms with Gasteiger partial charge in [0.25, 0.3) is 0 Å². The molecule has 40 heavy (non-hydrogen) atoms. The van der Waals surface area contributed by atoms with Gasteiger partial charge in [0.1, 0.15) is 6.61 Å². The van der Waals surface area contributed by atoms with E-state index in [1.807, 2.05) is 0 Å². The molecule has 5 rings (SSSR count). The number of carbonyl (C=O) groups is 2. The van der Waals surface area contributed by atoms with E-state index in [9.17, 15) is 9.59 Å². The minimum atomic E-state index is -0.798. The van der Waals surface area contributed by atoms with Gasteiger partial charge in [-0.15, -0.1) is 0 Å². The maximum atomic E-state index is 13.8. The van der Waals surface area contributed by atoms with Crippen molar-refractivity contribution in [3.8, 4) is 0 Å². The van der Waals surface area contributed by atoms with E-state index in [0.717, 1.165) is 70.2 Å². The number of carbonyl (C=O) groups excluding carboxylic acids is 2. The number of nitrogens with zero attached hydrogens (tertiary/aromatic N) is 1. The van der Waals surface area contributed by atoms with Crippen molar-refractivity contribution in [3.05, 3.63) is 24.8 Å². The number of guanidine groups is 1. The summed E-state index contributed by atoms with van der Waals surface area (Å²) in [6.45, 7) is 8.41. The van der Waals surface area contributed by atoms with Crippen molar-refractivity contribution >= 4 is 17.9 Å². The van der Waals surface area contributed by atoms with Crippen LogP contribution < -0.4 is 10.6 Å². The fourth-order valence-electron chi connectivity index (χ4n) is 7.43. The first-order valence-electron chi connectivity index (χ1n) is 15.6. The molecule has 2 spiro atoms. The zero-order chi connectivity index (χ0) is 28.2. The summed E-state index contributed by atoms with van der Waals surface area (Å²) < 4.78 is 26.8. The summed E-state index contributed by atoms with van der Waals surface area (Å²) in [7, 11) is 0. The molecule has 9 nitrogen and oxygen atoms in total. The zero-order valence-electron chi connectivity index (χ0n) is 24.3. The Morgan fingerprint density at radius 2 is 2.02 bits per heavy atom. The van der Waals surface area contributed by atoms with Crippen LogP contribution in [0.3, 0.4) is 0 Å². The summed E-state index contributed by atoms with van der Waals surface area (Å²) in [4.78, 5) is 25.5. The molecule has 1 unspecified atom stereocenters. The highest BCUT2D eigenvalue weighted by atomic mass is 16.6. The smallest absolute Gasteiger partial charge is 0.350 e. The Bertz CT molecular complexity index is 1010. The fraction of sp³-hybridized carbons (Fsp3) is 0.774. The number of hydrogen-bond donors (Lipinski definition) is 2. The van der Waals surface area contributed by atoms with Crippen molar-refractivity contribution in [1.82, 2.24) is 10.6 Å². The van der Waals surface area contributed by atoms with Crippen LogP contribution in [-0.4, -0.2) is 71.4 Å². The maximum Gasteiger partial charge on any atom is 0.350 e. The van der Waals surface area contributed by atoms with Crippen LogP contribution in [0.4, 0.5) is 0 Å². The van der Waals surface area contributed by atoms with E-state index < -0.39 is 17.4 Å². The van der Waals surface area contributed by atoms with E-state index in [0.29, 0.717) is 31.9 Å². The van der Waals surface area contributed by atoms with Crippen molar-refractivity contribution < 1.29 is 33.1 Å². The first-order chi connectivity index (χ1) is 19.4. The largest absolute Gasteiger partial charge is 0.465 e. The third-order valence-electron chi connectivity index (χ3n) is 9.23. The molecule has 5 aliphatic rings. The van der Waals surface area contributed by atoms with E-state index in [4.69, 9.17) is 18.9 Å². The molecule has 5 aliphatic heterocycles. The van der Waals surface area contributed by atoms with Gasteiger partial charge in [0.2, 0.25) is 5.72 Å². The monoisotopic (exact) mass is 558 g/mol.